The second kappa shape index (κ2) is 4.07. The Labute approximate surface area is 95.3 Å². The van der Waals surface area contributed by atoms with E-state index in [1.807, 2.05) is 0 Å². The Morgan fingerprint density at radius 1 is 0.944 bits per heavy atom. The maximum Gasteiger partial charge on any atom is 0.417 e. The van der Waals surface area contributed by atoms with Crippen LogP contribution in [0.5, 0.6) is 5.75 Å². The van der Waals surface area contributed by atoms with Gasteiger partial charge in [-0.25, -0.2) is 4.79 Å². The van der Waals surface area contributed by atoms with Crippen LogP contribution in [0.25, 0.3) is 0 Å². The zero-order valence-electron chi connectivity index (χ0n) is 8.23. The molecule has 100 valence electrons. The average molecular weight is 274 g/mol. The third kappa shape index (κ3) is 2.66. The normalized spacial score (nSPS) is 12.6. The molecule has 0 spiro atoms. The van der Waals surface area contributed by atoms with Crippen LogP contribution < -0.4 is 0 Å². The smallest absolute Gasteiger partial charge is 0.417 e. The lowest BCUT2D eigenvalue weighted by Crippen LogP contribution is -2.17. The van der Waals surface area contributed by atoms with Crippen molar-refractivity contribution in [2.75, 3.05) is 0 Å². The van der Waals surface area contributed by atoms with Crippen LogP contribution in [0.15, 0.2) is 12.1 Å². The van der Waals surface area contributed by atoms with E-state index >= 15 is 0 Å². The highest BCUT2D eigenvalue weighted by Crippen LogP contribution is 2.42. The van der Waals surface area contributed by atoms with E-state index in [4.69, 9.17) is 10.2 Å². The Hall–Kier alpha value is -1.93. The van der Waals surface area contributed by atoms with Crippen LogP contribution in [-0.2, 0) is 12.4 Å². The molecule has 9 heteroatoms. The molecule has 2 N–H and O–H groups in total. The molecule has 0 aliphatic carbocycles. The Bertz CT molecular complexity index is 488. The first-order chi connectivity index (χ1) is 7.94. The van der Waals surface area contributed by atoms with E-state index in [1.54, 1.807) is 0 Å². The Morgan fingerprint density at radius 3 is 1.67 bits per heavy atom. The van der Waals surface area contributed by atoms with Crippen molar-refractivity contribution in [2.24, 2.45) is 0 Å². The fraction of sp³-hybridized carbons (Fsp3) is 0.222. The van der Waals surface area contributed by atoms with Gasteiger partial charge < -0.3 is 10.2 Å². The van der Waals surface area contributed by atoms with E-state index in [9.17, 15) is 31.1 Å². The summed E-state index contributed by atoms with van der Waals surface area (Å²) in [4.78, 5) is 10.5. The summed E-state index contributed by atoms with van der Waals surface area (Å²) in [6.45, 7) is 0. The summed E-state index contributed by atoms with van der Waals surface area (Å²) in [5.74, 6) is -3.35. The van der Waals surface area contributed by atoms with Crippen LogP contribution in [0.4, 0.5) is 26.3 Å². The van der Waals surface area contributed by atoms with E-state index in [0.717, 1.165) is 0 Å². The number of carbonyl (C=O) groups is 1. The fourth-order valence-corrected chi connectivity index (χ4v) is 1.23. The van der Waals surface area contributed by atoms with Crippen molar-refractivity contribution in [1.29, 1.82) is 0 Å². The molecule has 1 aromatic rings. The van der Waals surface area contributed by atoms with Gasteiger partial charge in [-0.2, -0.15) is 26.3 Å². The second-order valence-corrected chi connectivity index (χ2v) is 3.22. The lowest BCUT2D eigenvalue weighted by molar-refractivity contribution is -0.162. The lowest BCUT2D eigenvalue weighted by atomic mass is 10.0. The molecule has 0 atom stereocenters. The van der Waals surface area contributed by atoms with E-state index in [2.05, 4.69) is 0 Å². The summed E-state index contributed by atoms with van der Waals surface area (Å²) in [5, 5.41) is 17.4. The molecule has 0 fully saturated rings. The summed E-state index contributed by atoms with van der Waals surface area (Å²) in [5.41, 5.74) is -5.56. The van der Waals surface area contributed by atoms with Crippen LogP contribution in [0, 0.1) is 0 Å². The Kier molecular flexibility index (Phi) is 3.20. The number of hydrogen-bond acceptors (Lipinski definition) is 2. The van der Waals surface area contributed by atoms with Gasteiger partial charge in [-0.15, -0.1) is 0 Å². The van der Waals surface area contributed by atoms with Crippen LogP contribution in [-0.4, -0.2) is 16.2 Å². The second-order valence-electron chi connectivity index (χ2n) is 3.22. The Balaban J connectivity index is 3.64. The predicted molar refractivity (Wildman–Crippen MR) is 45.1 cm³/mol. The minimum Gasteiger partial charge on any atom is -0.507 e. The zero-order chi connectivity index (χ0) is 14.3. The van der Waals surface area contributed by atoms with Gasteiger partial charge in [0.25, 0.3) is 0 Å². The maximum absolute atomic E-state index is 12.4. The molecule has 0 bridgehead atoms. The SMILES string of the molecule is O=C(O)c1cc(C(F)(F)F)c(C(F)(F)F)cc1O. The molecule has 0 amide bonds. The van der Waals surface area contributed by atoms with E-state index in [0.29, 0.717) is 0 Å². The van der Waals surface area contributed by atoms with Crippen LogP contribution in [0.3, 0.4) is 0 Å². The highest BCUT2D eigenvalue weighted by Gasteiger charge is 2.44. The number of halogens is 6. The van der Waals surface area contributed by atoms with Crippen molar-refractivity contribution < 1.29 is 41.4 Å². The molecule has 0 heterocycles. The molecule has 0 radical (unpaired) electrons. The largest absolute Gasteiger partial charge is 0.507 e. The molecule has 0 saturated carbocycles. The number of alkyl halides is 6. The highest BCUT2D eigenvalue weighted by atomic mass is 19.4. The zero-order valence-corrected chi connectivity index (χ0v) is 8.23. The van der Waals surface area contributed by atoms with Crippen molar-refractivity contribution in [2.45, 2.75) is 12.4 Å². The number of aromatic hydroxyl groups is 1. The minimum absolute atomic E-state index is 0.250. The van der Waals surface area contributed by atoms with Gasteiger partial charge in [-0.1, -0.05) is 0 Å². The van der Waals surface area contributed by atoms with Gasteiger partial charge >= 0.3 is 18.3 Å². The quantitative estimate of drug-likeness (QED) is 0.773. The van der Waals surface area contributed by atoms with E-state index in [1.165, 1.54) is 0 Å². The molecule has 0 unspecified atom stereocenters. The first kappa shape index (κ1) is 14.1. The number of aromatic carboxylic acids is 1. The molecule has 3 nitrogen and oxygen atoms in total. The molecule has 1 aromatic carbocycles. The molecule has 1 rings (SSSR count). The summed E-state index contributed by atoms with van der Waals surface area (Å²) in [6, 6.07) is -0.507. The first-order valence-corrected chi connectivity index (χ1v) is 4.19. The Morgan fingerprint density at radius 2 is 1.33 bits per heavy atom. The van der Waals surface area contributed by atoms with E-state index < -0.39 is 40.8 Å². The molecular weight excluding hydrogens is 270 g/mol. The minimum atomic E-state index is -5.39. The van der Waals surface area contributed by atoms with Gasteiger partial charge in [0.15, 0.2) is 0 Å². The summed E-state index contributed by atoms with van der Waals surface area (Å²) in [6.07, 6.45) is -10.7. The van der Waals surface area contributed by atoms with Crippen LogP contribution in [0.2, 0.25) is 0 Å². The number of carboxylic acid groups (broad SMARTS) is 1. The third-order valence-electron chi connectivity index (χ3n) is 1.98. The molecule has 18 heavy (non-hydrogen) atoms. The van der Waals surface area contributed by atoms with Crippen LogP contribution >= 0.6 is 0 Å². The molecule has 0 aliphatic rings. The van der Waals surface area contributed by atoms with Crippen molar-refractivity contribution >= 4 is 5.97 Å². The maximum atomic E-state index is 12.4. The topological polar surface area (TPSA) is 57.5 Å². The molecule has 0 aliphatic heterocycles. The number of hydrogen-bond donors (Lipinski definition) is 2. The summed E-state index contributed by atoms with van der Waals surface area (Å²) < 4.78 is 74.1. The lowest BCUT2D eigenvalue weighted by Gasteiger charge is -2.16. The standard InChI is InChI=1S/C9H4F6O3/c10-8(11,12)4-1-3(7(17)18)6(16)2-5(4)9(13,14)15/h1-2,16H,(H,17,18). The third-order valence-corrected chi connectivity index (χ3v) is 1.98. The number of rotatable bonds is 1. The van der Waals surface area contributed by atoms with Crippen LogP contribution in [0.1, 0.15) is 21.5 Å². The van der Waals surface area contributed by atoms with Crippen molar-refractivity contribution in [3.05, 3.63) is 28.8 Å². The summed E-state index contributed by atoms with van der Waals surface area (Å²) >= 11 is 0. The van der Waals surface area contributed by atoms with E-state index in [-0.39, 0.29) is 12.1 Å². The van der Waals surface area contributed by atoms with Crippen molar-refractivity contribution in [3.63, 3.8) is 0 Å². The molecule has 0 saturated heterocycles. The van der Waals surface area contributed by atoms with Gasteiger partial charge in [0.1, 0.15) is 11.3 Å². The van der Waals surface area contributed by atoms with Gasteiger partial charge in [0.2, 0.25) is 0 Å². The highest BCUT2D eigenvalue weighted by molar-refractivity contribution is 5.91. The van der Waals surface area contributed by atoms with Gasteiger partial charge in [-0.3, -0.25) is 0 Å². The number of benzene rings is 1. The molecule has 0 aromatic heterocycles. The average Bonchev–Trinajstić information content (AvgIpc) is 2.13. The van der Waals surface area contributed by atoms with Gasteiger partial charge in [-0.05, 0) is 12.1 Å². The van der Waals surface area contributed by atoms with Gasteiger partial charge in [0, 0.05) is 0 Å². The van der Waals surface area contributed by atoms with Crippen molar-refractivity contribution in [1.82, 2.24) is 0 Å². The predicted octanol–water partition coefficient (Wildman–Crippen LogP) is 3.13. The van der Waals surface area contributed by atoms with Gasteiger partial charge in [0.05, 0.1) is 11.1 Å². The summed E-state index contributed by atoms with van der Waals surface area (Å²) in [7, 11) is 0. The fourth-order valence-electron chi connectivity index (χ4n) is 1.23. The first-order valence-electron chi connectivity index (χ1n) is 4.19. The monoisotopic (exact) mass is 274 g/mol. The molecular formula is C9H4F6O3. The number of carboxylic acids is 1. The van der Waals surface area contributed by atoms with Crippen molar-refractivity contribution in [3.8, 4) is 5.75 Å². The number of phenols is 1.